The number of hydrogen-bond acceptors (Lipinski definition) is 6. The predicted molar refractivity (Wildman–Crippen MR) is 114 cm³/mol. The second-order valence-electron chi connectivity index (χ2n) is 7.24. The molecule has 0 unspecified atom stereocenters. The van der Waals surface area contributed by atoms with Crippen LogP contribution in [0.3, 0.4) is 0 Å². The first kappa shape index (κ1) is 20.7. The Balaban J connectivity index is 1.77. The molecule has 3 rings (SSSR count). The SMILES string of the molecule is Cc1nc(NC(=O)Cn2c(=O)cc(C)c3ccccc32)sc1C(=O)OCC(C)C. The Morgan fingerprint density at radius 1 is 1.24 bits per heavy atom. The second kappa shape index (κ2) is 8.57. The van der Waals surface area contributed by atoms with Crippen LogP contribution in [-0.2, 0) is 16.1 Å². The Hall–Kier alpha value is -3.00. The van der Waals surface area contributed by atoms with Crippen LogP contribution < -0.4 is 10.9 Å². The minimum absolute atomic E-state index is 0.147. The molecule has 0 spiro atoms. The zero-order chi connectivity index (χ0) is 21.1. The van der Waals surface area contributed by atoms with E-state index < -0.39 is 11.9 Å². The number of ether oxygens (including phenoxy) is 1. The largest absolute Gasteiger partial charge is 0.461 e. The lowest BCUT2D eigenvalue weighted by Gasteiger charge is -2.11. The molecule has 0 aliphatic heterocycles. The van der Waals surface area contributed by atoms with Crippen molar-refractivity contribution in [3.8, 4) is 0 Å². The topological polar surface area (TPSA) is 90.3 Å². The number of esters is 1. The van der Waals surface area contributed by atoms with Gasteiger partial charge in [-0.25, -0.2) is 9.78 Å². The number of para-hydroxylation sites is 1. The molecule has 1 aromatic carbocycles. The summed E-state index contributed by atoms with van der Waals surface area (Å²) in [5.74, 6) is -0.610. The zero-order valence-corrected chi connectivity index (χ0v) is 17.6. The summed E-state index contributed by atoms with van der Waals surface area (Å²) < 4.78 is 6.66. The highest BCUT2D eigenvalue weighted by Crippen LogP contribution is 2.24. The lowest BCUT2D eigenvalue weighted by atomic mass is 10.1. The number of benzene rings is 1. The van der Waals surface area contributed by atoms with Gasteiger partial charge in [0.25, 0.3) is 5.56 Å². The summed E-state index contributed by atoms with van der Waals surface area (Å²) in [6.45, 7) is 7.64. The summed E-state index contributed by atoms with van der Waals surface area (Å²) in [6.07, 6.45) is 0. The van der Waals surface area contributed by atoms with Gasteiger partial charge >= 0.3 is 5.97 Å². The van der Waals surface area contributed by atoms with E-state index in [2.05, 4.69) is 10.3 Å². The Labute approximate surface area is 172 Å². The smallest absolute Gasteiger partial charge is 0.350 e. The van der Waals surface area contributed by atoms with Crippen LogP contribution >= 0.6 is 11.3 Å². The number of anilines is 1. The highest BCUT2D eigenvalue weighted by atomic mass is 32.1. The fourth-order valence-electron chi connectivity index (χ4n) is 2.91. The maximum absolute atomic E-state index is 12.5. The quantitative estimate of drug-likeness (QED) is 0.625. The van der Waals surface area contributed by atoms with Crippen LogP contribution in [0.5, 0.6) is 0 Å². The monoisotopic (exact) mass is 413 g/mol. The second-order valence-corrected chi connectivity index (χ2v) is 8.24. The maximum atomic E-state index is 12.5. The number of pyridine rings is 1. The van der Waals surface area contributed by atoms with E-state index in [9.17, 15) is 14.4 Å². The molecule has 1 N–H and O–H groups in total. The van der Waals surface area contributed by atoms with E-state index in [1.165, 1.54) is 10.6 Å². The van der Waals surface area contributed by atoms with Crippen molar-refractivity contribution >= 4 is 39.2 Å². The van der Waals surface area contributed by atoms with Crippen LogP contribution in [0.4, 0.5) is 5.13 Å². The average Bonchev–Trinajstić information content (AvgIpc) is 3.03. The maximum Gasteiger partial charge on any atom is 0.350 e. The molecule has 2 aromatic heterocycles. The van der Waals surface area contributed by atoms with Gasteiger partial charge in [0.15, 0.2) is 5.13 Å². The van der Waals surface area contributed by atoms with E-state index in [-0.39, 0.29) is 18.0 Å². The third-order valence-electron chi connectivity index (χ3n) is 4.30. The Bertz CT molecular complexity index is 1130. The Morgan fingerprint density at radius 2 is 1.97 bits per heavy atom. The number of thiazole rings is 1. The molecule has 0 aliphatic rings. The minimum Gasteiger partial charge on any atom is -0.461 e. The van der Waals surface area contributed by atoms with Crippen molar-refractivity contribution in [3.05, 3.63) is 56.8 Å². The molecule has 0 fully saturated rings. The normalized spacial score (nSPS) is 11.1. The molecule has 0 saturated heterocycles. The Kier molecular flexibility index (Phi) is 6.12. The lowest BCUT2D eigenvalue weighted by molar-refractivity contribution is -0.116. The summed E-state index contributed by atoms with van der Waals surface area (Å²) in [5, 5.41) is 3.90. The van der Waals surface area contributed by atoms with Crippen molar-refractivity contribution in [1.29, 1.82) is 0 Å². The van der Waals surface area contributed by atoms with E-state index >= 15 is 0 Å². The number of fused-ring (bicyclic) bond motifs is 1. The molecule has 0 radical (unpaired) electrons. The van der Waals surface area contributed by atoms with E-state index in [4.69, 9.17) is 4.74 Å². The van der Waals surface area contributed by atoms with Crippen LogP contribution in [0.1, 0.15) is 34.8 Å². The van der Waals surface area contributed by atoms with E-state index in [0.717, 1.165) is 22.3 Å². The molecule has 1 amide bonds. The van der Waals surface area contributed by atoms with Gasteiger partial charge in [-0.05, 0) is 31.4 Å². The van der Waals surface area contributed by atoms with Crippen molar-refractivity contribution in [2.24, 2.45) is 5.92 Å². The summed E-state index contributed by atoms with van der Waals surface area (Å²) in [6, 6.07) is 8.97. The molecule has 7 nitrogen and oxygen atoms in total. The van der Waals surface area contributed by atoms with Crippen LogP contribution in [0.2, 0.25) is 0 Å². The van der Waals surface area contributed by atoms with Crippen molar-refractivity contribution in [3.63, 3.8) is 0 Å². The molecule has 0 aliphatic carbocycles. The van der Waals surface area contributed by atoms with Crippen molar-refractivity contribution in [2.45, 2.75) is 34.2 Å². The number of carbonyl (C=O) groups excluding carboxylic acids is 2. The van der Waals surface area contributed by atoms with Gasteiger partial charge in [-0.3, -0.25) is 14.2 Å². The molecule has 2 heterocycles. The van der Waals surface area contributed by atoms with E-state index in [0.29, 0.717) is 27.8 Å². The van der Waals surface area contributed by atoms with Crippen molar-refractivity contribution in [2.75, 3.05) is 11.9 Å². The summed E-state index contributed by atoms with van der Waals surface area (Å²) >= 11 is 1.06. The van der Waals surface area contributed by atoms with Crippen LogP contribution in [-0.4, -0.2) is 28.0 Å². The van der Waals surface area contributed by atoms with Gasteiger partial charge in [-0.2, -0.15) is 0 Å². The fraction of sp³-hybridized carbons (Fsp3) is 0.333. The Morgan fingerprint density at radius 3 is 2.69 bits per heavy atom. The van der Waals surface area contributed by atoms with Gasteiger partial charge in [0.05, 0.1) is 17.8 Å². The van der Waals surface area contributed by atoms with Gasteiger partial charge in [0.2, 0.25) is 5.91 Å². The van der Waals surface area contributed by atoms with Gasteiger partial charge in [-0.1, -0.05) is 43.4 Å². The molecule has 0 saturated carbocycles. The van der Waals surface area contributed by atoms with Crippen molar-refractivity contribution in [1.82, 2.24) is 9.55 Å². The molecule has 0 atom stereocenters. The third kappa shape index (κ3) is 4.71. The number of rotatable bonds is 6. The zero-order valence-electron chi connectivity index (χ0n) is 16.8. The third-order valence-corrected chi connectivity index (χ3v) is 5.36. The summed E-state index contributed by atoms with van der Waals surface area (Å²) in [7, 11) is 0. The standard InChI is InChI=1S/C21H23N3O4S/c1-12(2)11-28-20(27)19-14(4)22-21(29-19)23-17(25)10-24-16-8-6-5-7-15(16)13(3)9-18(24)26/h5-9,12H,10-11H2,1-4H3,(H,22,23,25). The van der Waals surface area contributed by atoms with Crippen LogP contribution in [0.15, 0.2) is 35.1 Å². The molecule has 29 heavy (non-hydrogen) atoms. The van der Waals surface area contributed by atoms with Gasteiger partial charge < -0.3 is 10.1 Å². The van der Waals surface area contributed by atoms with Gasteiger partial charge in [0.1, 0.15) is 11.4 Å². The first-order chi connectivity index (χ1) is 13.8. The highest BCUT2D eigenvalue weighted by molar-refractivity contribution is 7.17. The first-order valence-electron chi connectivity index (χ1n) is 9.30. The molecule has 3 aromatic rings. The average molecular weight is 413 g/mol. The highest BCUT2D eigenvalue weighted by Gasteiger charge is 2.19. The molecular formula is C21H23N3O4S. The summed E-state index contributed by atoms with van der Waals surface area (Å²) in [5.41, 5.74) is 1.81. The lowest BCUT2D eigenvalue weighted by Crippen LogP contribution is -2.27. The number of aromatic nitrogens is 2. The number of hydrogen-bond donors (Lipinski definition) is 1. The number of nitrogens with one attached hydrogen (secondary N) is 1. The van der Waals surface area contributed by atoms with Crippen LogP contribution in [0.25, 0.3) is 10.9 Å². The molecule has 8 heteroatoms. The molecule has 0 bridgehead atoms. The summed E-state index contributed by atoms with van der Waals surface area (Å²) in [4.78, 5) is 41.7. The van der Waals surface area contributed by atoms with Gasteiger partial charge in [0, 0.05) is 11.5 Å². The number of amides is 1. The molecule has 152 valence electrons. The van der Waals surface area contributed by atoms with E-state index in [1.54, 1.807) is 6.92 Å². The van der Waals surface area contributed by atoms with E-state index in [1.807, 2.05) is 45.0 Å². The number of aryl methyl sites for hydroxylation is 2. The van der Waals surface area contributed by atoms with Gasteiger partial charge in [-0.15, -0.1) is 0 Å². The van der Waals surface area contributed by atoms with Crippen LogP contribution in [0, 0.1) is 19.8 Å². The predicted octanol–water partition coefficient (Wildman–Crippen LogP) is 3.53. The fourth-order valence-corrected chi connectivity index (χ4v) is 3.79. The first-order valence-corrected chi connectivity index (χ1v) is 10.1. The number of nitrogens with zero attached hydrogens (tertiary/aromatic N) is 2. The molecular weight excluding hydrogens is 390 g/mol. The van der Waals surface area contributed by atoms with Crippen molar-refractivity contribution < 1.29 is 14.3 Å². The minimum atomic E-state index is -0.449. The number of carbonyl (C=O) groups is 2.